The zero-order valence-electron chi connectivity index (χ0n) is 17.0. The predicted octanol–water partition coefficient (Wildman–Crippen LogP) is 4.70. The molecule has 0 aliphatic carbocycles. The van der Waals surface area contributed by atoms with Crippen LogP contribution in [0.2, 0.25) is 0 Å². The van der Waals surface area contributed by atoms with E-state index in [-0.39, 0.29) is 11.3 Å². The second-order valence-electron chi connectivity index (χ2n) is 8.67. The first-order valence-corrected chi connectivity index (χ1v) is 9.75. The maximum atomic E-state index is 12.9. The Hall–Kier alpha value is -2.43. The molecule has 3 rings (SSSR count). The van der Waals surface area contributed by atoms with Crippen LogP contribution in [-0.4, -0.2) is 33.9 Å². The highest BCUT2D eigenvalue weighted by molar-refractivity contribution is 5.92. The molecule has 1 aliphatic heterocycles. The molecule has 1 atom stereocenters. The lowest BCUT2D eigenvalue weighted by Crippen LogP contribution is -2.39. The number of hydrogen-bond acceptors (Lipinski definition) is 4. The summed E-state index contributed by atoms with van der Waals surface area (Å²) >= 11 is 0. The van der Waals surface area contributed by atoms with Crippen LogP contribution in [0.15, 0.2) is 30.3 Å². The molecule has 2 heterocycles. The molecule has 0 bridgehead atoms. The van der Waals surface area contributed by atoms with Gasteiger partial charge >= 0.3 is 0 Å². The van der Waals surface area contributed by atoms with E-state index in [1.807, 2.05) is 24.0 Å². The van der Waals surface area contributed by atoms with Crippen molar-refractivity contribution in [3.63, 3.8) is 0 Å². The van der Waals surface area contributed by atoms with Crippen LogP contribution in [0.4, 0.5) is 11.6 Å². The summed E-state index contributed by atoms with van der Waals surface area (Å²) in [6, 6.07) is 10.0. The minimum absolute atomic E-state index is 0.00168. The van der Waals surface area contributed by atoms with Crippen molar-refractivity contribution in [3.8, 4) is 0 Å². The molecule has 27 heavy (non-hydrogen) atoms. The molecule has 1 unspecified atom stereocenters. The van der Waals surface area contributed by atoms with Gasteiger partial charge in [-0.25, -0.2) is 9.97 Å². The number of hydrogen-bond donors (Lipinski definition) is 1. The highest BCUT2D eigenvalue weighted by atomic mass is 16.2. The van der Waals surface area contributed by atoms with E-state index in [4.69, 9.17) is 0 Å². The van der Waals surface area contributed by atoms with Gasteiger partial charge in [0.25, 0.3) is 5.91 Å². The van der Waals surface area contributed by atoms with E-state index in [0.29, 0.717) is 17.6 Å². The summed E-state index contributed by atoms with van der Waals surface area (Å²) in [5, 5.41) is 3.24. The Morgan fingerprint density at radius 1 is 1.19 bits per heavy atom. The number of amides is 1. The van der Waals surface area contributed by atoms with Crippen LogP contribution in [0, 0.1) is 12.8 Å². The molecular weight excluding hydrogens is 336 g/mol. The highest BCUT2D eigenvalue weighted by Crippen LogP contribution is 2.24. The first-order valence-electron chi connectivity index (χ1n) is 9.75. The van der Waals surface area contributed by atoms with Crippen molar-refractivity contribution in [3.05, 3.63) is 47.3 Å². The molecule has 1 aromatic carbocycles. The molecule has 0 saturated carbocycles. The number of nitrogens with zero attached hydrogens (tertiary/aromatic N) is 3. The maximum Gasteiger partial charge on any atom is 0.272 e. The second-order valence-corrected chi connectivity index (χ2v) is 8.67. The lowest BCUT2D eigenvalue weighted by Gasteiger charge is -2.30. The molecule has 144 valence electrons. The maximum absolute atomic E-state index is 12.9. The van der Waals surface area contributed by atoms with Gasteiger partial charge < -0.3 is 10.2 Å². The molecular formula is C22H30N4O. The molecule has 1 amide bonds. The third-order valence-electron chi connectivity index (χ3n) is 5.02. The molecule has 1 saturated heterocycles. The monoisotopic (exact) mass is 366 g/mol. The Morgan fingerprint density at radius 2 is 1.89 bits per heavy atom. The number of nitrogens with one attached hydrogen (secondary N) is 1. The summed E-state index contributed by atoms with van der Waals surface area (Å²) in [4.78, 5) is 23.7. The van der Waals surface area contributed by atoms with Gasteiger partial charge in [-0.05, 0) is 54.9 Å². The number of carbonyl (C=O) groups is 1. The molecule has 0 radical (unpaired) electrons. The lowest BCUT2D eigenvalue weighted by atomic mass is 9.87. The van der Waals surface area contributed by atoms with E-state index in [0.717, 1.165) is 30.9 Å². The lowest BCUT2D eigenvalue weighted by molar-refractivity contribution is 0.0677. The fourth-order valence-corrected chi connectivity index (χ4v) is 3.45. The standard InChI is InChI=1S/C22H30N4O/c1-15-7-6-12-26(14-15)20(27)19-13-16(2)23-21(25-19)24-18-10-8-17(9-11-18)22(3,4)5/h8-11,13,15H,6-7,12,14H2,1-5H3,(H,23,24,25). The third-order valence-corrected chi connectivity index (χ3v) is 5.02. The smallest absolute Gasteiger partial charge is 0.272 e. The summed E-state index contributed by atoms with van der Waals surface area (Å²) in [7, 11) is 0. The zero-order valence-corrected chi connectivity index (χ0v) is 17.0. The zero-order chi connectivity index (χ0) is 19.6. The van der Waals surface area contributed by atoms with Gasteiger partial charge in [-0.1, -0.05) is 39.8 Å². The van der Waals surface area contributed by atoms with Gasteiger partial charge in [-0.3, -0.25) is 4.79 Å². The minimum atomic E-state index is -0.00168. The normalized spacial score (nSPS) is 17.7. The van der Waals surface area contributed by atoms with Crippen LogP contribution in [0.25, 0.3) is 0 Å². The van der Waals surface area contributed by atoms with Crippen molar-refractivity contribution < 1.29 is 4.79 Å². The Balaban J connectivity index is 1.78. The van der Waals surface area contributed by atoms with Gasteiger partial charge in [0.05, 0.1) is 0 Å². The fraction of sp³-hybridized carbons (Fsp3) is 0.500. The SMILES string of the molecule is Cc1cc(C(=O)N2CCCC(C)C2)nc(Nc2ccc(C(C)(C)C)cc2)n1. The van der Waals surface area contributed by atoms with Crippen molar-refractivity contribution in [2.45, 2.75) is 52.9 Å². The first-order chi connectivity index (χ1) is 12.7. The van der Waals surface area contributed by atoms with Gasteiger partial charge in [0.1, 0.15) is 5.69 Å². The molecule has 1 aromatic heterocycles. The Morgan fingerprint density at radius 3 is 2.52 bits per heavy atom. The molecule has 5 nitrogen and oxygen atoms in total. The molecule has 1 aliphatic rings. The van der Waals surface area contributed by atoms with Crippen molar-refractivity contribution >= 4 is 17.5 Å². The average molecular weight is 367 g/mol. The molecule has 2 aromatic rings. The van der Waals surface area contributed by atoms with Crippen molar-refractivity contribution in [1.29, 1.82) is 0 Å². The van der Waals surface area contributed by atoms with Gasteiger partial charge in [-0.15, -0.1) is 0 Å². The first kappa shape index (κ1) is 19.3. The Labute approximate surface area is 162 Å². The third kappa shape index (κ3) is 4.85. The van der Waals surface area contributed by atoms with E-state index in [2.05, 4.69) is 55.1 Å². The topological polar surface area (TPSA) is 58.1 Å². The Bertz CT molecular complexity index is 808. The van der Waals surface area contributed by atoms with Gasteiger partial charge in [0.2, 0.25) is 5.95 Å². The summed E-state index contributed by atoms with van der Waals surface area (Å²) < 4.78 is 0. The summed E-state index contributed by atoms with van der Waals surface area (Å²) in [6.45, 7) is 12.3. The fourth-order valence-electron chi connectivity index (χ4n) is 3.45. The molecule has 1 N–H and O–H groups in total. The number of anilines is 2. The van der Waals surface area contributed by atoms with E-state index in [1.54, 1.807) is 6.07 Å². The van der Waals surface area contributed by atoms with Crippen molar-refractivity contribution in [1.82, 2.24) is 14.9 Å². The largest absolute Gasteiger partial charge is 0.337 e. The van der Waals surface area contributed by atoms with E-state index in [9.17, 15) is 4.79 Å². The highest BCUT2D eigenvalue weighted by Gasteiger charge is 2.23. The van der Waals surface area contributed by atoms with Gasteiger partial charge in [0, 0.05) is 24.5 Å². The summed E-state index contributed by atoms with van der Waals surface area (Å²) in [5.74, 6) is 1.01. The van der Waals surface area contributed by atoms with Crippen LogP contribution in [-0.2, 0) is 5.41 Å². The van der Waals surface area contributed by atoms with Crippen molar-refractivity contribution in [2.24, 2.45) is 5.92 Å². The number of carbonyl (C=O) groups excluding carboxylic acids is 1. The second kappa shape index (κ2) is 7.67. The number of rotatable bonds is 3. The van der Waals surface area contributed by atoms with Crippen LogP contribution >= 0.6 is 0 Å². The average Bonchev–Trinajstić information content (AvgIpc) is 2.60. The van der Waals surface area contributed by atoms with Crippen molar-refractivity contribution in [2.75, 3.05) is 18.4 Å². The molecule has 0 spiro atoms. The minimum Gasteiger partial charge on any atom is -0.337 e. The van der Waals surface area contributed by atoms with Crippen LogP contribution < -0.4 is 5.32 Å². The van der Waals surface area contributed by atoms with Crippen LogP contribution in [0.3, 0.4) is 0 Å². The van der Waals surface area contributed by atoms with Crippen LogP contribution in [0.5, 0.6) is 0 Å². The van der Waals surface area contributed by atoms with E-state index >= 15 is 0 Å². The number of aryl methyl sites for hydroxylation is 1. The molecule has 5 heteroatoms. The number of aromatic nitrogens is 2. The van der Waals surface area contributed by atoms with Gasteiger partial charge in [0.15, 0.2) is 0 Å². The summed E-state index contributed by atoms with van der Waals surface area (Å²) in [6.07, 6.45) is 2.24. The van der Waals surface area contributed by atoms with Gasteiger partial charge in [-0.2, -0.15) is 0 Å². The van der Waals surface area contributed by atoms with Crippen LogP contribution in [0.1, 0.15) is 62.3 Å². The molecule has 1 fully saturated rings. The number of benzene rings is 1. The van der Waals surface area contributed by atoms with E-state index < -0.39 is 0 Å². The Kier molecular flexibility index (Phi) is 5.49. The number of piperidine rings is 1. The summed E-state index contributed by atoms with van der Waals surface area (Å²) in [5.41, 5.74) is 3.55. The van der Waals surface area contributed by atoms with E-state index in [1.165, 1.54) is 12.0 Å². The predicted molar refractivity (Wildman–Crippen MR) is 109 cm³/mol. The quantitative estimate of drug-likeness (QED) is 0.855. The number of likely N-dealkylation sites (tertiary alicyclic amines) is 1.